The lowest BCUT2D eigenvalue weighted by atomic mass is 10.1. The van der Waals surface area contributed by atoms with Gasteiger partial charge in [-0.15, -0.1) is 0 Å². The van der Waals surface area contributed by atoms with Crippen LogP contribution in [-0.4, -0.2) is 71.7 Å². The van der Waals surface area contributed by atoms with E-state index in [2.05, 4.69) is 10.3 Å². The van der Waals surface area contributed by atoms with Crippen molar-refractivity contribution >= 4 is 41.5 Å². The van der Waals surface area contributed by atoms with Crippen LogP contribution < -0.4 is 5.32 Å². The minimum Gasteiger partial charge on any atom is -0.338 e. The average Bonchev–Trinajstić information content (AvgIpc) is 2.99. The molecule has 1 aromatic carbocycles. The first kappa shape index (κ1) is 17.2. The third-order valence-corrected chi connectivity index (χ3v) is 4.85. The number of rotatable bonds is 3. The van der Waals surface area contributed by atoms with Gasteiger partial charge in [0, 0.05) is 24.8 Å². The van der Waals surface area contributed by atoms with Crippen molar-refractivity contribution in [2.45, 2.75) is 19.1 Å². The number of halogens is 1. The van der Waals surface area contributed by atoms with Crippen molar-refractivity contribution in [2.75, 3.05) is 26.0 Å². The minimum absolute atomic E-state index is 0.0573. The van der Waals surface area contributed by atoms with Crippen LogP contribution in [0, 0.1) is 6.92 Å². The highest BCUT2D eigenvalue weighted by atomic mass is 35.5. The zero-order valence-corrected chi connectivity index (χ0v) is 14.8. The number of urea groups is 1. The molecule has 1 aromatic rings. The van der Waals surface area contributed by atoms with Gasteiger partial charge in [-0.05, 0) is 24.6 Å². The van der Waals surface area contributed by atoms with Crippen molar-refractivity contribution < 1.29 is 14.4 Å². The van der Waals surface area contributed by atoms with Crippen LogP contribution in [0.4, 0.5) is 10.5 Å². The molecule has 0 aromatic heterocycles. The van der Waals surface area contributed by atoms with Crippen LogP contribution in [0.2, 0.25) is 5.02 Å². The summed E-state index contributed by atoms with van der Waals surface area (Å²) in [6.45, 7) is 1.75. The Hall–Kier alpha value is -2.61. The van der Waals surface area contributed by atoms with Gasteiger partial charge in [0.05, 0.1) is 12.9 Å². The molecule has 2 heterocycles. The van der Waals surface area contributed by atoms with E-state index in [0.717, 1.165) is 10.5 Å². The molecule has 2 atom stereocenters. The molecule has 9 heteroatoms. The molecule has 0 radical (unpaired) electrons. The molecule has 1 saturated heterocycles. The molecule has 0 saturated carbocycles. The number of fused-ring (bicyclic) bond motifs is 1. The fraction of sp³-hybridized carbons (Fsp3) is 0.375. The van der Waals surface area contributed by atoms with Gasteiger partial charge in [-0.1, -0.05) is 17.7 Å². The number of carbonyl (C=O) groups excluding carboxylic acids is 3. The van der Waals surface area contributed by atoms with Crippen molar-refractivity contribution in [3.05, 3.63) is 28.8 Å². The lowest BCUT2D eigenvalue weighted by Crippen LogP contribution is -2.64. The molecule has 25 heavy (non-hydrogen) atoms. The number of carbonyl (C=O) groups is 3. The van der Waals surface area contributed by atoms with Crippen LogP contribution >= 0.6 is 11.6 Å². The first-order valence-corrected chi connectivity index (χ1v) is 8.07. The second-order valence-corrected chi connectivity index (χ2v) is 6.45. The predicted molar refractivity (Wildman–Crippen MR) is 93.5 cm³/mol. The molecule has 2 aliphatic heterocycles. The van der Waals surface area contributed by atoms with Gasteiger partial charge in [0.2, 0.25) is 5.91 Å². The Labute approximate surface area is 150 Å². The summed E-state index contributed by atoms with van der Waals surface area (Å²) in [5, 5.41) is 3.35. The highest BCUT2D eigenvalue weighted by Crippen LogP contribution is 2.25. The maximum absolute atomic E-state index is 12.4. The fourth-order valence-corrected chi connectivity index (χ4v) is 3.11. The SMILES string of the molecule is Cc1c(Cl)cccc1NC(=O)CN1C=NC2C1C(=O)N(C)C(=O)N2C. The molecule has 0 aliphatic carbocycles. The first-order chi connectivity index (χ1) is 11.8. The topological polar surface area (TPSA) is 85.3 Å². The van der Waals surface area contributed by atoms with Crippen molar-refractivity contribution in [3.63, 3.8) is 0 Å². The number of benzene rings is 1. The summed E-state index contributed by atoms with van der Waals surface area (Å²) >= 11 is 6.05. The van der Waals surface area contributed by atoms with E-state index in [9.17, 15) is 14.4 Å². The Morgan fingerprint density at radius 1 is 1.32 bits per heavy atom. The molecule has 132 valence electrons. The Kier molecular flexibility index (Phi) is 4.38. The quantitative estimate of drug-likeness (QED) is 0.873. The number of amides is 4. The number of aliphatic imine (C=N–C) groups is 1. The monoisotopic (exact) mass is 363 g/mol. The third kappa shape index (κ3) is 2.93. The zero-order valence-electron chi connectivity index (χ0n) is 14.1. The summed E-state index contributed by atoms with van der Waals surface area (Å²) in [6, 6.07) is 4.14. The van der Waals surface area contributed by atoms with Crippen molar-refractivity contribution in [3.8, 4) is 0 Å². The highest BCUT2D eigenvalue weighted by molar-refractivity contribution is 6.31. The van der Waals surface area contributed by atoms with E-state index in [1.807, 2.05) is 6.92 Å². The van der Waals surface area contributed by atoms with Crippen LogP contribution in [0.25, 0.3) is 0 Å². The third-order valence-electron chi connectivity index (χ3n) is 4.44. The Morgan fingerprint density at radius 2 is 2.04 bits per heavy atom. The molecule has 3 rings (SSSR count). The second kappa shape index (κ2) is 6.36. The van der Waals surface area contributed by atoms with Crippen LogP contribution in [0.15, 0.2) is 23.2 Å². The molecule has 8 nitrogen and oxygen atoms in total. The van der Waals surface area contributed by atoms with Crippen LogP contribution in [0.1, 0.15) is 5.56 Å². The number of hydrogen-bond donors (Lipinski definition) is 1. The standard InChI is InChI=1S/C16H18ClN5O3/c1-9-10(17)5-4-6-11(9)19-12(23)7-22-8-18-14-13(22)15(24)21(3)16(25)20(14)2/h4-6,8,13-14H,7H2,1-3H3,(H,19,23). The fourth-order valence-electron chi connectivity index (χ4n) is 2.94. The summed E-state index contributed by atoms with van der Waals surface area (Å²) in [7, 11) is 3.00. The van der Waals surface area contributed by atoms with Gasteiger partial charge in [0.25, 0.3) is 5.91 Å². The van der Waals surface area contributed by atoms with Crippen LogP contribution in [-0.2, 0) is 9.59 Å². The Morgan fingerprint density at radius 3 is 2.76 bits per heavy atom. The summed E-state index contributed by atoms with van der Waals surface area (Å²) < 4.78 is 0. The number of nitrogens with zero attached hydrogens (tertiary/aromatic N) is 4. The summed E-state index contributed by atoms with van der Waals surface area (Å²) in [5.41, 5.74) is 1.38. The van der Waals surface area contributed by atoms with E-state index in [-0.39, 0.29) is 18.4 Å². The van der Waals surface area contributed by atoms with E-state index < -0.39 is 18.2 Å². The summed E-state index contributed by atoms with van der Waals surface area (Å²) in [4.78, 5) is 44.9. The molecular weight excluding hydrogens is 346 g/mol. The predicted octanol–water partition coefficient (Wildman–Crippen LogP) is 1.15. The second-order valence-electron chi connectivity index (χ2n) is 6.05. The van der Waals surface area contributed by atoms with Crippen molar-refractivity contribution in [2.24, 2.45) is 4.99 Å². The molecule has 2 unspecified atom stereocenters. The minimum atomic E-state index is -0.695. The Balaban J connectivity index is 1.72. The molecule has 2 aliphatic rings. The largest absolute Gasteiger partial charge is 0.338 e. The number of nitrogens with one attached hydrogen (secondary N) is 1. The normalized spacial score (nSPS) is 22.5. The van der Waals surface area contributed by atoms with E-state index in [1.165, 1.54) is 18.3 Å². The number of anilines is 1. The van der Waals surface area contributed by atoms with Crippen molar-refractivity contribution in [1.29, 1.82) is 0 Å². The highest BCUT2D eigenvalue weighted by Gasteiger charge is 2.48. The number of hydrogen-bond acceptors (Lipinski definition) is 5. The Bertz CT molecular complexity index is 781. The lowest BCUT2D eigenvalue weighted by molar-refractivity contribution is -0.136. The summed E-state index contributed by atoms with van der Waals surface area (Å²) in [6.07, 6.45) is 0.831. The van der Waals surface area contributed by atoms with Gasteiger partial charge in [-0.2, -0.15) is 0 Å². The molecule has 0 spiro atoms. The smallest absolute Gasteiger partial charge is 0.328 e. The van der Waals surface area contributed by atoms with Gasteiger partial charge in [0.1, 0.15) is 0 Å². The molecule has 4 amide bonds. The van der Waals surface area contributed by atoms with E-state index in [1.54, 1.807) is 30.1 Å². The molecular formula is C16H18ClN5O3. The van der Waals surface area contributed by atoms with E-state index in [4.69, 9.17) is 11.6 Å². The van der Waals surface area contributed by atoms with Gasteiger partial charge in [-0.25, -0.2) is 9.79 Å². The van der Waals surface area contributed by atoms with Crippen LogP contribution in [0.3, 0.4) is 0 Å². The van der Waals surface area contributed by atoms with Gasteiger partial charge >= 0.3 is 6.03 Å². The van der Waals surface area contributed by atoms with Gasteiger partial charge in [0.15, 0.2) is 12.2 Å². The summed E-state index contributed by atoms with van der Waals surface area (Å²) in [5.74, 6) is -0.676. The number of imide groups is 1. The average molecular weight is 364 g/mol. The van der Waals surface area contributed by atoms with Gasteiger partial charge < -0.3 is 15.1 Å². The number of likely N-dealkylation sites (N-methyl/N-ethyl adjacent to an activating group) is 2. The molecule has 0 bridgehead atoms. The molecule has 1 N–H and O–H groups in total. The first-order valence-electron chi connectivity index (χ1n) is 7.69. The van der Waals surface area contributed by atoms with E-state index >= 15 is 0 Å². The molecule has 1 fully saturated rings. The van der Waals surface area contributed by atoms with Gasteiger partial charge in [-0.3, -0.25) is 14.5 Å². The maximum Gasteiger partial charge on any atom is 0.328 e. The zero-order chi connectivity index (χ0) is 18.3. The lowest BCUT2D eigenvalue weighted by Gasteiger charge is -2.39. The van der Waals surface area contributed by atoms with E-state index in [0.29, 0.717) is 10.7 Å². The maximum atomic E-state index is 12.4. The van der Waals surface area contributed by atoms with Crippen LogP contribution in [0.5, 0.6) is 0 Å². The van der Waals surface area contributed by atoms with Crippen molar-refractivity contribution in [1.82, 2.24) is 14.7 Å².